The molecular weight excluding hydrogens is 192 g/mol. The predicted octanol–water partition coefficient (Wildman–Crippen LogP) is 1.25. The zero-order valence-electron chi connectivity index (χ0n) is 8.42. The second-order valence-electron chi connectivity index (χ2n) is 2.98. The first-order valence-electron chi connectivity index (χ1n) is 4.69. The SMILES string of the molecule is CCOc1cccnc1-n1cc(N)cn1. The molecule has 5 nitrogen and oxygen atoms in total. The molecule has 0 unspecified atom stereocenters. The van der Waals surface area contributed by atoms with Gasteiger partial charge in [-0.15, -0.1) is 0 Å². The molecule has 2 heterocycles. The highest BCUT2D eigenvalue weighted by Crippen LogP contribution is 2.19. The molecule has 0 aromatic carbocycles. The van der Waals surface area contributed by atoms with Crippen LogP contribution in [0.2, 0.25) is 0 Å². The molecular formula is C10H12N4O. The van der Waals surface area contributed by atoms with Gasteiger partial charge in [-0.25, -0.2) is 9.67 Å². The lowest BCUT2D eigenvalue weighted by Gasteiger charge is -2.07. The van der Waals surface area contributed by atoms with Crippen molar-refractivity contribution in [3.8, 4) is 11.6 Å². The molecule has 0 amide bonds. The smallest absolute Gasteiger partial charge is 0.196 e. The van der Waals surface area contributed by atoms with E-state index in [4.69, 9.17) is 10.5 Å². The molecule has 0 bridgehead atoms. The number of aromatic nitrogens is 3. The van der Waals surface area contributed by atoms with Gasteiger partial charge in [0, 0.05) is 6.20 Å². The highest BCUT2D eigenvalue weighted by Gasteiger charge is 2.06. The lowest BCUT2D eigenvalue weighted by molar-refractivity contribution is 0.336. The largest absolute Gasteiger partial charge is 0.490 e. The summed E-state index contributed by atoms with van der Waals surface area (Å²) in [6, 6.07) is 3.67. The zero-order valence-corrected chi connectivity index (χ0v) is 8.42. The standard InChI is InChI=1S/C10H12N4O/c1-2-15-9-4-3-5-12-10(9)14-7-8(11)6-13-14/h3-7H,2,11H2,1H3. The molecule has 2 N–H and O–H groups in total. The van der Waals surface area contributed by atoms with E-state index in [-0.39, 0.29) is 0 Å². The number of hydrogen-bond acceptors (Lipinski definition) is 4. The number of ether oxygens (including phenoxy) is 1. The Labute approximate surface area is 87.5 Å². The van der Waals surface area contributed by atoms with Crippen molar-refractivity contribution in [1.29, 1.82) is 0 Å². The van der Waals surface area contributed by atoms with Crippen LogP contribution >= 0.6 is 0 Å². The number of pyridine rings is 1. The topological polar surface area (TPSA) is 66.0 Å². The molecule has 0 radical (unpaired) electrons. The lowest BCUT2D eigenvalue weighted by atomic mass is 10.4. The minimum atomic E-state index is 0.593. The van der Waals surface area contributed by atoms with Crippen molar-refractivity contribution in [2.24, 2.45) is 0 Å². The Morgan fingerprint density at radius 3 is 3.07 bits per heavy atom. The normalized spacial score (nSPS) is 10.2. The van der Waals surface area contributed by atoms with E-state index in [1.54, 1.807) is 23.3 Å². The van der Waals surface area contributed by atoms with Gasteiger partial charge in [-0.05, 0) is 19.1 Å². The minimum absolute atomic E-state index is 0.593. The maximum Gasteiger partial charge on any atom is 0.196 e. The molecule has 0 aliphatic rings. The monoisotopic (exact) mass is 204 g/mol. The van der Waals surface area contributed by atoms with Gasteiger partial charge in [-0.1, -0.05) is 0 Å². The Kier molecular flexibility index (Phi) is 2.53. The minimum Gasteiger partial charge on any atom is -0.490 e. The van der Waals surface area contributed by atoms with Crippen LogP contribution in [0.25, 0.3) is 5.82 Å². The summed E-state index contributed by atoms with van der Waals surface area (Å²) in [4.78, 5) is 4.20. The van der Waals surface area contributed by atoms with Crippen LogP contribution in [0.5, 0.6) is 5.75 Å². The maximum atomic E-state index is 5.59. The van der Waals surface area contributed by atoms with Crippen LogP contribution in [0.4, 0.5) is 5.69 Å². The first kappa shape index (κ1) is 9.51. The summed E-state index contributed by atoms with van der Waals surface area (Å²) in [5, 5.41) is 4.08. The molecule has 0 spiro atoms. The van der Waals surface area contributed by atoms with Gasteiger partial charge in [-0.3, -0.25) is 0 Å². The van der Waals surface area contributed by atoms with Crippen molar-refractivity contribution in [3.63, 3.8) is 0 Å². The first-order valence-corrected chi connectivity index (χ1v) is 4.69. The highest BCUT2D eigenvalue weighted by atomic mass is 16.5. The fourth-order valence-electron chi connectivity index (χ4n) is 1.28. The summed E-state index contributed by atoms with van der Waals surface area (Å²) >= 11 is 0. The Morgan fingerprint density at radius 2 is 2.40 bits per heavy atom. The Balaban J connectivity index is 2.42. The number of hydrogen-bond donors (Lipinski definition) is 1. The first-order chi connectivity index (χ1) is 7.31. The fraction of sp³-hybridized carbons (Fsp3) is 0.200. The van der Waals surface area contributed by atoms with Gasteiger partial charge in [0.25, 0.3) is 0 Å². The summed E-state index contributed by atoms with van der Waals surface area (Å²) in [6.45, 7) is 2.52. The van der Waals surface area contributed by atoms with Gasteiger partial charge in [0.05, 0.1) is 24.7 Å². The number of nitrogens with two attached hydrogens (primary N) is 1. The molecule has 5 heteroatoms. The second kappa shape index (κ2) is 4.00. The molecule has 0 atom stereocenters. The van der Waals surface area contributed by atoms with Gasteiger partial charge in [0.1, 0.15) is 0 Å². The summed E-state index contributed by atoms with van der Waals surface area (Å²) in [7, 11) is 0. The van der Waals surface area contributed by atoms with Crippen molar-refractivity contribution in [1.82, 2.24) is 14.8 Å². The van der Waals surface area contributed by atoms with E-state index in [1.165, 1.54) is 0 Å². The van der Waals surface area contributed by atoms with Gasteiger partial charge < -0.3 is 10.5 Å². The third-order valence-corrected chi connectivity index (χ3v) is 1.87. The maximum absolute atomic E-state index is 5.59. The van der Waals surface area contributed by atoms with Crippen LogP contribution in [0.15, 0.2) is 30.7 Å². The Hall–Kier alpha value is -2.04. The fourth-order valence-corrected chi connectivity index (χ4v) is 1.28. The van der Waals surface area contributed by atoms with E-state index < -0.39 is 0 Å². The van der Waals surface area contributed by atoms with Gasteiger partial charge in [0.15, 0.2) is 11.6 Å². The van der Waals surface area contributed by atoms with Crippen molar-refractivity contribution in [3.05, 3.63) is 30.7 Å². The Morgan fingerprint density at radius 1 is 1.53 bits per heavy atom. The van der Waals surface area contributed by atoms with Gasteiger partial charge >= 0.3 is 0 Å². The van der Waals surface area contributed by atoms with Crippen LogP contribution in [0.3, 0.4) is 0 Å². The second-order valence-corrected chi connectivity index (χ2v) is 2.98. The highest BCUT2D eigenvalue weighted by molar-refractivity contribution is 5.42. The van der Waals surface area contributed by atoms with E-state index in [1.807, 2.05) is 19.1 Å². The molecule has 0 saturated heterocycles. The van der Waals surface area contributed by atoms with E-state index in [2.05, 4.69) is 10.1 Å². The van der Waals surface area contributed by atoms with Crippen LogP contribution in [-0.4, -0.2) is 21.4 Å². The molecule has 0 aliphatic carbocycles. The molecule has 2 aromatic rings. The van der Waals surface area contributed by atoms with E-state index in [0.717, 1.165) is 0 Å². The summed E-state index contributed by atoms with van der Waals surface area (Å²) < 4.78 is 7.03. The van der Waals surface area contributed by atoms with Crippen molar-refractivity contribution < 1.29 is 4.74 Å². The molecule has 2 rings (SSSR count). The summed E-state index contributed by atoms with van der Waals surface area (Å²) in [6.07, 6.45) is 4.96. The lowest BCUT2D eigenvalue weighted by Crippen LogP contribution is -2.02. The predicted molar refractivity (Wildman–Crippen MR) is 56.9 cm³/mol. The molecule has 78 valence electrons. The molecule has 2 aromatic heterocycles. The van der Waals surface area contributed by atoms with E-state index in [9.17, 15) is 0 Å². The summed E-state index contributed by atoms with van der Waals surface area (Å²) in [5.41, 5.74) is 6.19. The molecule has 0 aliphatic heterocycles. The molecule has 0 saturated carbocycles. The quantitative estimate of drug-likeness (QED) is 0.817. The number of rotatable bonds is 3. The third-order valence-electron chi connectivity index (χ3n) is 1.87. The average molecular weight is 204 g/mol. The van der Waals surface area contributed by atoms with Crippen LogP contribution < -0.4 is 10.5 Å². The number of nitrogen functional groups attached to an aromatic ring is 1. The van der Waals surface area contributed by atoms with Crippen molar-refractivity contribution >= 4 is 5.69 Å². The van der Waals surface area contributed by atoms with E-state index >= 15 is 0 Å². The summed E-state index contributed by atoms with van der Waals surface area (Å²) in [5.74, 6) is 1.35. The van der Waals surface area contributed by atoms with Gasteiger partial charge in [0.2, 0.25) is 0 Å². The van der Waals surface area contributed by atoms with Gasteiger partial charge in [-0.2, -0.15) is 5.10 Å². The van der Waals surface area contributed by atoms with Crippen LogP contribution in [-0.2, 0) is 0 Å². The van der Waals surface area contributed by atoms with Crippen molar-refractivity contribution in [2.45, 2.75) is 6.92 Å². The number of anilines is 1. The number of nitrogens with zero attached hydrogens (tertiary/aromatic N) is 3. The van der Waals surface area contributed by atoms with Crippen LogP contribution in [0, 0.1) is 0 Å². The molecule has 15 heavy (non-hydrogen) atoms. The molecule has 0 fully saturated rings. The van der Waals surface area contributed by atoms with Crippen molar-refractivity contribution in [2.75, 3.05) is 12.3 Å². The third kappa shape index (κ3) is 1.90. The Bertz CT molecular complexity index is 452. The van der Waals surface area contributed by atoms with Crippen LogP contribution in [0.1, 0.15) is 6.92 Å². The van der Waals surface area contributed by atoms with E-state index in [0.29, 0.717) is 23.9 Å². The zero-order chi connectivity index (χ0) is 10.7. The average Bonchev–Trinajstić information content (AvgIpc) is 2.66.